The molecule has 0 aliphatic rings. The van der Waals surface area contributed by atoms with Crippen molar-refractivity contribution in [1.29, 1.82) is 0 Å². The van der Waals surface area contributed by atoms with Crippen molar-refractivity contribution in [1.82, 2.24) is 4.57 Å². The zero-order valence-electron chi connectivity index (χ0n) is 14.1. The number of halogens is 4. The molecule has 0 saturated carbocycles. The summed E-state index contributed by atoms with van der Waals surface area (Å²) in [5.74, 6) is -4.87. The fraction of sp³-hybridized carbons (Fsp3) is 0.222. The molecule has 9 heteroatoms. The van der Waals surface area contributed by atoms with E-state index in [9.17, 15) is 22.4 Å². The van der Waals surface area contributed by atoms with Gasteiger partial charge in [0.05, 0.1) is 16.8 Å². The van der Waals surface area contributed by atoms with E-state index >= 15 is 0 Å². The van der Waals surface area contributed by atoms with Crippen LogP contribution in [-0.4, -0.2) is 23.7 Å². The van der Waals surface area contributed by atoms with Crippen LogP contribution in [0.3, 0.4) is 0 Å². The van der Waals surface area contributed by atoms with E-state index in [2.05, 4.69) is 4.99 Å². The van der Waals surface area contributed by atoms with E-state index in [1.165, 1.54) is 4.57 Å². The lowest BCUT2D eigenvalue weighted by atomic mass is 10.2. The second kappa shape index (κ2) is 8.01. The van der Waals surface area contributed by atoms with Gasteiger partial charge < -0.3 is 9.30 Å². The van der Waals surface area contributed by atoms with E-state index in [4.69, 9.17) is 4.74 Å². The number of ether oxygens (including phenoxy) is 1. The molecule has 3 aromatic rings. The zero-order chi connectivity index (χ0) is 19.6. The Bertz CT molecular complexity index is 1050. The summed E-state index contributed by atoms with van der Waals surface area (Å²) in [6.45, 7) is 2.52. The zero-order valence-corrected chi connectivity index (χ0v) is 15.0. The normalized spacial score (nSPS) is 12.1. The monoisotopic (exact) mass is 398 g/mol. The summed E-state index contributed by atoms with van der Waals surface area (Å²) in [6.07, 6.45) is 0. The van der Waals surface area contributed by atoms with Gasteiger partial charge in [0, 0.05) is 19.2 Å². The molecule has 142 valence electrons. The molecular weight excluding hydrogens is 384 g/mol. The maximum atomic E-state index is 14.3. The first-order valence-electron chi connectivity index (χ1n) is 8.01. The number of aromatic nitrogens is 1. The molecule has 0 radical (unpaired) electrons. The van der Waals surface area contributed by atoms with Gasteiger partial charge in [-0.2, -0.15) is 4.99 Å². The summed E-state index contributed by atoms with van der Waals surface area (Å²) in [4.78, 5) is 16.1. The Morgan fingerprint density at radius 1 is 1.15 bits per heavy atom. The average molecular weight is 398 g/mol. The third-order valence-corrected chi connectivity index (χ3v) is 4.76. The van der Waals surface area contributed by atoms with Crippen molar-refractivity contribution >= 4 is 27.5 Å². The van der Waals surface area contributed by atoms with Crippen LogP contribution in [0.1, 0.15) is 17.3 Å². The van der Waals surface area contributed by atoms with Gasteiger partial charge in [0.2, 0.25) is 0 Å². The minimum absolute atomic E-state index is 0.0122. The SMILES string of the molecule is CCOCCn1c(=NC(=O)c2c(F)cccc2F)sc2cc(F)cc(F)c21. The number of hydrogen-bond donors (Lipinski definition) is 0. The van der Waals surface area contributed by atoms with Gasteiger partial charge in [-0.15, -0.1) is 0 Å². The Morgan fingerprint density at radius 2 is 1.85 bits per heavy atom. The average Bonchev–Trinajstić information content (AvgIpc) is 2.92. The number of benzene rings is 2. The van der Waals surface area contributed by atoms with Gasteiger partial charge in [-0.1, -0.05) is 17.4 Å². The van der Waals surface area contributed by atoms with E-state index < -0.39 is 34.7 Å². The highest BCUT2D eigenvalue weighted by atomic mass is 32.1. The number of hydrogen-bond acceptors (Lipinski definition) is 3. The van der Waals surface area contributed by atoms with Crippen LogP contribution in [0.2, 0.25) is 0 Å². The van der Waals surface area contributed by atoms with Crippen LogP contribution in [0.15, 0.2) is 35.3 Å². The predicted octanol–water partition coefficient (Wildman–Crippen LogP) is 4.04. The first-order valence-corrected chi connectivity index (χ1v) is 8.83. The van der Waals surface area contributed by atoms with Crippen LogP contribution in [0.25, 0.3) is 10.2 Å². The van der Waals surface area contributed by atoms with Crippen LogP contribution in [-0.2, 0) is 11.3 Å². The minimum atomic E-state index is -1.15. The summed E-state index contributed by atoms with van der Waals surface area (Å²) in [7, 11) is 0. The van der Waals surface area contributed by atoms with Gasteiger partial charge in [-0.25, -0.2) is 17.6 Å². The fourth-order valence-electron chi connectivity index (χ4n) is 2.57. The van der Waals surface area contributed by atoms with Crippen molar-refractivity contribution in [2.45, 2.75) is 13.5 Å². The molecule has 3 rings (SSSR count). The number of carbonyl (C=O) groups excluding carboxylic acids is 1. The Morgan fingerprint density at radius 3 is 2.52 bits per heavy atom. The lowest BCUT2D eigenvalue weighted by Crippen LogP contribution is -2.20. The number of rotatable bonds is 5. The molecule has 0 bridgehead atoms. The van der Waals surface area contributed by atoms with E-state index in [0.29, 0.717) is 12.7 Å². The van der Waals surface area contributed by atoms with Gasteiger partial charge in [0.25, 0.3) is 5.91 Å². The smallest absolute Gasteiger partial charge is 0.285 e. The highest BCUT2D eigenvalue weighted by Crippen LogP contribution is 2.22. The molecule has 0 N–H and O–H groups in total. The first-order chi connectivity index (χ1) is 12.9. The number of thiazole rings is 1. The summed E-state index contributed by atoms with van der Waals surface area (Å²) in [5.41, 5.74) is -0.764. The molecule has 0 atom stereocenters. The lowest BCUT2D eigenvalue weighted by molar-refractivity contribution is 0.0988. The summed E-state index contributed by atoms with van der Waals surface area (Å²) >= 11 is 0.840. The van der Waals surface area contributed by atoms with Crippen LogP contribution >= 0.6 is 11.3 Å². The molecule has 0 aliphatic carbocycles. The second-order valence-electron chi connectivity index (χ2n) is 5.48. The summed E-state index contributed by atoms with van der Waals surface area (Å²) < 4.78 is 62.2. The van der Waals surface area contributed by atoms with Crippen molar-refractivity contribution in [2.24, 2.45) is 4.99 Å². The molecule has 4 nitrogen and oxygen atoms in total. The second-order valence-corrected chi connectivity index (χ2v) is 6.49. The number of fused-ring (bicyclic) bond motifs is 1. The third kappa shape index (κ3) is 3.93. The van der Waals surface area contributed by atoms with E-state index in [1.54, 1.807) is 6.92 Å². The predicted molar refractivity (Wildman–Crippen MR) is 92.5 cm³/mol. The Balaban J connectivity index is 2.17. The maximum absolute atomic E-state index is 14.3. The third-order valence-electron chi connectivity index (χ3n) is 3.73. The van der Waals surface area contributed by atoms with Gasteiger partial charge >= 0.3 is 0 Å². The topological polar surface area (TPSA) is 43.6 Å². The molecule has 0 unspecified atom stereocenters. The van der Waals surface area contributed by atoms with E-state index in [1.807, 2.05) is 0 Å². The van der Waals surface area contributed by atoms with Crippen molar-refractivity contribution < 1.29 is 27.1 Å². The molecule has 0 fully saturated rings. The molecule has 0 saturated heterocycles. The molecule has 0 aliphatic heterocycles. The fourth-order valence-corrected chi connectivity index (χ4v) is 3.66. The largest absolute Gasteiger partial charge is 0.380 e. The summed E-state index contributed by atoms with van der Waals surface area (Å²) in [6, 6.07) is 4.83. The highest BCUT2D eigenvalue weighted by Gasteiger charge is 2.18. The van der Waals surface area contributed by atoms with Crippen LogP contribution < -0.4 is 4.80 Å². The maximum Gasteiger partial charge on any atom is 0.285 e. The van der Waals surface area contributed by atoms with Crippen LogP contribution in [0, 0.1) is 23.3 Å². The van der Waals surface area contributed by atoms with E-state index in [0.717, 1.165) is 35.6 Å². The van der Waals surface area contributed by atoms with Crippen molar-refractivity contribution in [2.75, 3.05) is 13.2 Å². The number of amides is 1. The Hall–Kier alpha value is -2.52. The molecule has 27 heavy (non-hydrogen) atoms. The van der Waals surface area contributed by atoms with Crippen molar-refractivity contribution in [3.63, 3.8) is 0 Å². The molecule has 1 heterocycles. The van der Waals surface area contributed by atoms with Gasteiger partial charge in [-0.3, -0.25) is 4.79 Å². The van der Waals surface area contributed by atoms with E-state index in [-0.39, 0.29) is 28.2 Å². The standard InChI is InChI=1S/C18H14F4N2O2S/c1-2-26-7-6-24-16-13(22)8-10(19)9-14(16)27-18(24)23-17(25)15-11(20)4-3-5-12(15)21/h3-5,8-9H,2,6-7H2,1H3. The quantitative estimate of drug-likeness (QED) is 0.481. The highest BCUT2D eigenvalue weighted by molar-refractivity contribution is 7.16. The Kier molecular flexibility index (Phi) is 5.71. The van der Waals surface area contributed by atoms with Gasteiger partial charge in [-0.05, 0) is 25.1 Å². The molecule has 0 spiro atoms. The van der Waals surface area contributed by atoms with Crippen molar-refractivity contribution in [3.05, 3.63) is 64.0 Å². The number of carbonyl (C=O) groups is 1. The minimum Gasteiger partial charge on any atom is -0.380 e. The van der Waals surface area contributed by atoms with Crippen LogP contribution in [0.4, 0.5) is 17.6 Å². The molecule has 1 amide bonds. The lowest BCUT2D eigenvalue weighted by Gasteiger charge is -2.06. The molecular formula is C18H14F4N2O2S. The molecule has 2 aromatic carbocycles. The van der Waals surface area contributed by atoms with Gasteiger partial charge in [0.1, 0.15) is 23.0 Å². The molecule has 1 aromatic heterocycles. The van der Waals surface area contributed by atoms with Gasteiger partial charge in [0.15, 0.2) is 10.6 Å². The summed E-state index contributed by atoms with van der Waals surface area (Å²) in [5, 5.41) is 0. The Labute approximate surface area is 155 Å². The number of nitrogens with zero attached hydrogens (tertiary/aromatic N) is 2. The van der Waals surface area contributed by atoms with Crippen molar-refractivity contribution in [3.8, 4) is 0 Å². The van der Waals surface area contributed by atoms with Crippen LogP contribution in [0.5, 0.6) is 0 Å². The first kappa shape index (κ1) is 19.2.